The second kappa shape index (κ2) is 7.44. The Hall–Kier alpha value is -3.41. The number of pyridine rings is 2. The highest BCUT2D eigenvalue weighted by molar-refractivity contribution is 6.02. The normalized spacial score (nSPS) is 14.7. The highest BCUT2D eigenvalue weighted by Gasteiger charge is 2.36. The monoisotopic (exact) mass is 401 g/mol. The Morgan fingerprint density at radius 1 is 1.17 bits per heavy atom. The van der Waals surface area contributed by atoms with Crippen LogP contribution in [0.3, 0.4) is 0 Å². The van der Waals surface area contributed by atoms with Gasteiger partial charge in [-0.05, 0) is 55.2 Å². The van der Waals surface area contributed by atoms with Gasteiger partial charge >= 0.3 is 0 Å². The predicted octanol–water partition coefficient (Wildman–Crippen LogP) is 4.47. The van der Waals surface area contributed by atoms with E-state index >= 15 is 0 Å². The molecule has 2 aliphatic rings. The van der Waals surface area contributed by atoms with Gasteiger partial charge in [-0.2, -0.15) is 0 Å². The highest BCUT2D eigenvalue weighted by atomic mass is 16.5. The molecule has 1 saturated carbocycles. The van der Waals surface area contributed by atoms with Crippen molar-refractivity contribution in [1.29, 1.82) is 0 Å². The molecule has 0 spiro atoms. The van der Waals surface area contributed by atoms with Crippen molar-refractivity contribution in [3.05, 3.63) is 59.8 Å². The van der Waals surface area contributed by atoms with Crippen LogP contribution in [-0.4, -0.2) is 29.6 Å². The van der Waals surface area contributed by atoms with Crippen molar-refractivity contribution in [3.63, 3.8) is 0 Å². The molecule has 6 heteroatoms. The number of carbonyl (C=O) groups is 1. The molecule has 2 aromatic heterocycles. The van der Waals surface area contributed by atoms with Crippen LogP contribution in [-0.2, 0) is 11.2 Å². The van der Waals surface area contributed by atoms with Gasteiger partial charge in [-0.25, -0.2) is 9.97 Å². The van der Waals surface area contributed by atoms with Gasteiger partial charge in [-0.1, -0.05) is 6.07 Å². The molecule has 0 N–H and O–H groups in total. The van der Waals surface area contributed by atoms with E-state index in [1.165, 1.54) is 5.56 Å². The first-order valence-corrected chi connectivity index (χ1v) is 10.2. The summed E-state index contributed by atoms with van der Waals surface area (Å²) < 4.78 is 10.9. The van der Waals surface area contributed by atoms with Crippen LogP contribution in [0.5, 0.6) is 11.6 Å². The van der Waals surface area contributed by atoms with Crippen LogP contribution in [0, 0.1) is 12.8 Å². The third kappa shape index (κ3) is 3.49. The summed E-state index contributed by atoms with van der Waals surface area (Å²) in [4.78, 5) is 24.1. The van der Waals surface area contributed by atoms with E-state index in [4.69, 9.17) is 14.5 Å². The molecule has 0 unspecified atom stereocenters. The SMILES string of the molecule is COc1ccc(-c2cc(C)cc(N(C(=O)C3CC3)c3ccc4c(c3)OCC4)n2)cn1. The summed E-state index contributed by atoms with van der Waals surface area (Å²) in [5, 5.41) is 0. The maximum atomic E-state index is 13.3. The molecule has 1 aliphatic heterocycles. The number of aromatic nitrogens is 2. The maximum Gasteiger partial charge on any atom is 0.235 e. The van der Waals surface area contributed by atoms with E-state index in [1.807, 2.05) is 43.3 Å². The molecule has 0 radical (unpaired) electrons. The van der Waals surface area contributed by atoms with E-state index in [1.54, 1.807) is 18.2 Å². The summed E-state index contributed by atoms with van der Waals surface area (Å²) in [5.74, 6) is 2.18. The van der Waals surface area contributed by atoms with Crippen LogP contribution in [0.15, 0.2) is 48.7 Å². The molecule has 3 heterocycles. The number of aryl methyl sites for hydroxylation is 1. The molecular weight excluding hydrogens is 378 g/mol. The van der Waals surface area contributed by atoms with E-state index in [0.29, 0.717) is 18.3 Å². The number of nitrogens with zero attached hydrogens (tertiary/aromatic N) is 3. The van der Waals surface area contributed by atoms with Crippen LogP contribution in [0.4, 0.5) is 11.5 Å². The maximum absolute atomic E-state index is 13.3. The van der Waals surface area contributed by atoms with Gasteiger partial charge in [0.2, 0.25) is 11.8 Å². The van der Waals surface area contributed by atoms with Gasteiger partial charge in [0.1, 0.15) is 11.6 Å². The average molecular weight is 401 g/mol. The minimum Gasteiger partial charge on any atom is -0.493 e. The summed E-state index contributed by atoms with van der Waals surface area (Å²) >= 11 is 0. The topological polar surface area (TPSA) is 64.5 Å². The number of methoxy groups -OCH3 is 1. The lowest BCUT2D eigenvalue weighted by atomic mass is 10.1. The summed E-state index contributed by atoms with van der Waals surface area (Å²) in [6.45, 7) is 2.70. The fourth-order valence-electron chi connectivity index (χ4n) is 3.74. The van der Waals surface area contributed by atoms with Gasteiger partial charge in [0.25, 0.3) is 0 Å². The van der Waals surface area contributed by atoms with Crippen molar-refractivity contribution in [2.45, 2.75) is 26.2 Å². The number of fused-ring (bicyclic) bond motifs is 1. The minimum atomic E-state index is 0.0626. The summed E-state index contributed by atoms with van der Waals surface area (Å²) in [6.07, 6.45) is 4.50. The van der Waals surface area contributed by atoms with Crippen molar-refractivity contribution in [1.82, 2.24) is 9.97 Å². The number of hydrogen-bond acceptors (Lipinski definition) is 5. The van der Waals surface area contributed by atoms with E-state index < -0.39 is 0 Å². The van der Waals surface area contributed by atoms with E-state index in [-0.39, 0.29) is 11.8 Å². The number of hydrogen-bond donors (Lipinski definition) is 0. The van der Waals surface area contributed by atoms with E-state index in [9.17, 15) is 4.79 Å². The summed E-state index contributed by atoms with van der Waals surface area (Å²) in [5.41, 5.74) is 4.64. The molecule has 30 heavy (non-hydrogen) atoms. The van der Waals surface area contributed by atoms with E-state index in [2.05, 4.69) is 11.1 Å². The van der Waals surface area contributed by atoms with Crippen LogP contribution in [0.25, 0.3) is 11.3 Å². The second-order valence-corrected chi connectivity index (χ2v) is 7.82. The number of carbonyl (C=O) groups excluding carboxylic acids is 1. The first-order valence-electron chi connectivity index (χ1n) is 10.2. The van der Waals surface area contributed by atoms with Crippen molar-refractivity contribution >= 4 is 17.4 Å². The largest absolute Gasteiger partial charge is 0.493 e. The van der Waals surface area contributed by atoms with Crippen LogP contribution < -0.4 is 14.4 Å². The van der Waals surface area contributed by atoms with Crippen LogP contribution >= 0.6 is 0 Å². The molecule has 0 atom stereocenters. The molecule has 5 rings (SSSR count). The smallest absolute Gasteiger partial charge is 0.235 e. The third-order valence-corrected chi connectivity index (χ3v) is 5.51. The Morgan fingerprint density at radius 2 is 2.03 bits per heavy atom. The standard InChI is InChI=1S/C24H23N3O3/c1-15-11-20(18-6-8-23(29-2)25-14-18)26-22(12-15)27(24(28)17-3-4-17)19-7-5-16-9-10-30-21(16)13-19/h5-8,11-14,17H,3-4,9-10H2,1-2H3. The van der Waals surface area contributed by atoms with Crippen LogP contribution in [0.2, 0.25) is 0 Å². The predicted molar refractivity (Wildman–Crippen MR) is 114 cm³/mol. The molecule has 6 nitrogen and oxygen atoms in total. The lowest BCUT2D eigenvalue weighted by Crippen LogP contribution is -2.28. The lowest BCUT2D eigenvalue weighted by molar-refractivity contribution is -0.119. The zero-order chi connectivity index (χ0) is 20.7. The zero-order valence-corrected chi connectivity index (χ0v) is 17.1. The van der Waals surface area contributed by atoms with Gasteiger partial charge in [0, 0.05) is 36.2 Å². The lowest BCUT2D eigenvalue weighted by Gasteiger charge is -2.23. The average Bonchev–Trinajstić information content (AvgIpc) is 3.51. The van der Waals surface area contributed by atoms with Crippen molar-refractivity contribution in [2.75, 3.05) is 18.6 Å². The molecule has 1 amide bonds. The zero-order valence-electron chi connectivity index (χ0n) is 17.1. The number of anilines is 2. The molecule has 1 fully saturated rings. The Labute approximate surface area is 175 Å². The molecule has 3 aromatic rings. The van der Waals surface area contributed by atoms with E-state index in [0.717, 1.165) is 47.5 Å². The number of rotatable bonds is 5. The minimum absolute atomic E-state index is 0.0626. The quantitative estimate of drug-likeness (QED) is 0.631. The van der Waals surface area contributed by atoms with Crippen molar-refractivity contribution < 1.29 is 14.3 Å². The Balaban J connectivity index is 1.58. The molecular formula is C24H23N3O3. The highest BCUT2D eigenvalue weighted by Crippen LogP contribution is 2.39. The third-order valence-electron chi connectivity index (χ3n) is 5.51. The number of ether oxygens (including phenoxy) is 2. The van der Waals surface area contributed by atoms with Gasteiger partial charge in [0.15, 0.2) is 0 Å². The van der Waals surface area contributed by atoms with Crippen LogP contribution in [0.1, 0.15) is 24.0 Å². The second-order valence-electron chi connectivity index (χ2n) is 7.82. The Morgan fingerprint density at radius 3 is 2.77 bits per heavy atom. The molecule has 1 aromatic carbocycles. The van der Waals surface area contributed by atoms with Gasteiger partial charge < -0.3 is 9.47 Å². The molecule has 0 saturated heterocycles. The summed E-state index contributed by atoms with van der Waals surface area (Å²) in [6, 6.07) is 13.7. The Kier molecular flexibility index (Phi) is 4.62. The fraction of sp³-hybridized carbons (Fsp3) is 0.292. The van der Waals surface area contributed by atoms with Gasteiger partial charge in [-0.3, -0.25) is 9.69 Å². The Bertz CT molecular complexity index is 1110. The fourth-order valence-corrected chi connectivity index (χ4v) is 3.74. The van der Waals surface area contributed by atoms with Gasteiger partial charge in [0.05, 0.1) is 25.1 Å². The molecule has 1 aliphatic carbocycles. The summed E-state index contributed by atoms with van der Waals surface area (Å²) in [7, 11) is 1.59. The molecule has 152 valence electrons. The van der Waals surface area contributed by atoms with Gasteiger partial charge in [-0.15, -0.1) is 0 Å². The number of amides is 1. The first kappa shape index (κ1) is 18.6. The molecule has 0 bridgehead atoms. The first-order chi connectivity index (χ1) is 14.6. The van der Waals surface area contributed by atoms with Crippen molar-refractivity contribution in [3.8, 4) is 22.9 Å². The number of benzene rings is 1. The van der Waals surface area contributed by atoms with Crippen molar-refractivity contribution in [2.24, 2.45) is 5.92 Å².